The Hall–Kier alpha value is -1.09. The lowest BCUT2D eigenvalue weighted by atomic mass is 10.0. The Morgan fingerprint density at radius 1 is 1.32 bits per heavy atom. The first-order valence-electron chi connectivity index (χ1n) is 7.23. The van der Waals surface area contributed by atoms with Gasteiger partial charge in [-0.1, -0.05) is 27.2 Å². The Morgan fingerprint density at radius 3 is 2.68 bits per heavy atom. The molecule has 0 aromatic heterocycles. The molecular weight excluding hydrogens is 241 g/mol. The van der Waals surface area contributed by atoms with E-state index in [9.17, 15) is 4.39 Å². The monoisotopic (exact) mass is 267 g/mol. The molecule has 0 aliphatic heterocycles. The van der Waals surface area contributed by atoms with Crippen LogP contribution in [-0.2, 0) is 6.42 Å². The van der Waals surface area contributed by atoms with Gasteiger partial charge in [-0.2, -0.15) is 0 Å². The van der Waals surface area contributed by atoms with Crippen molar-refractivity contribution in [3.05, 3.63) is 29.6 Å². The van der Waals surface area contributed by atoms with Crippen LogP contribution in [0.3, 0.4) is 0 Å². The molecule has 0 saturated carbocycles. The van der Waals surface area contributed by atoms with Gasteiger partial charge in [0, 0.05) is 6.04 Å². The van der Waals surface area contributed by atoms with Gasteiger partial charge in [0.2, 0.25) is 0 Å². The Bertz CT molecular complexity index is 381. The van der Waals surface area contributed by atoms with Crippen molar-refractivity contribution in [2.45, 2.75) is 52.5 Å². The summed E-state index contributed by atoms with van der Waals surface area (Å²) in [5, 5.41) is 0. The molecule has 3 heteroatoms. The molecule has 2 unspecified atom stereocenters. The van der Waals surface area contributed by atoms with Gasteiger partial charge >= 0.3 is 0 Å². The van der Waals surface area contributed by atoms with Crippen molar-refractivity contribution in [1.82, 2.24) is 0 Å². The summed E-state index contributed by atoms with van der Waals surface area (Å²) in [5.74, 6) is 1.06. The fourth-order valence-corrected chi connectivity index (χ4v) is 2.08. The van der Waals surface area contributed by atoms with E-state index in [4.69, 9.17) is 10.5 Å². The van der Waals surface area contributed by atoms with Gasteiger partial charge in [0.1, 0.15) is 11.6 Å². The normalized spacial score (nSPS) is 14.2. The number of rotatable bonds is 8. The third-order valence-electron chi connectivity index (χ3n) is 3.33. The minimum absolute atomic E-state index is 0.0530. The van der Waals surface area contributed by atoms with Gasteiger partial charge in [-0.05, 0) is 48.9 Å². The highest BCUT2D eigenvalue weighted by atomic mass is 19.1. The van der Waals surface area contributed by atoms with Crippen LogP contribution >= 0.6 is 0 Å². The van der Waals surface area contributed by atoms with Crippen LogP contribution in [-0.4, -0.2) is 12.6 Å². The number of hydrogen-bond acceptors (Lipinski definition) is 2. The molecule has 1 aromatic carbocycles. The molecule has 0 saturated heterocycles. The Kier molecular flexibility index (Phi) is 6.85. The fraction of sp³-hybridized carbons (Fsp3) is 0.625. The summed E-state index contributed by atoms with van der Waals surface area (Å²) in [4.78, 5) is 0. The summed E-state index contributed by atoms with van der Waals surface area (Å²) in [5.41, 5.74) is 6.82. The summed E-state index contributed by atoms with van der Waals surface area (Å²) in [6, 6.07) is 4.75. The van der Waals surface area contributed by atoms with E-state index in [1.54, 1.807) is 6.07 Å². The molecule has 1 rings (SSSR count). The molecule has 0 spiro atoms. The lowest BCUT2D eigenvalue weighted by molar-refractivity contribution is 0.248. The fourth-order valence-electron chi connectivity index (χ4n) is 2.08. The standard InChI is InChI=1S/C16H26FNO/c1-4-6-12(3)11-19-16-8-7-14(17)9-13(16)10-15(18)5-2/h7-9,12,15H,4-6,10-11,18H2,1-3H3. The molecule has 1 aromatic rings. The molecule has 0 amide bonds. The van der Waals surface area contributed by atoms with E-state index < -0.39 is 0 Å². The first-order chi connectivity index (χ1) is 9.06. The van der Waals surface area contributed by atoms with Gasteiger partial charge in [-0.15, -0.1) is 0 Å². The SMILES string of the molecule is CCCC(C)COc1ccc(F)cc1CC(N)CC. The average molecular weight is 267 g/mol. The Balaban J connectivity index is 2.70. The highest BCUT2D eigenvalue weighted by molar-refractivity contribution is 5.34. The molecular formula is C16H26FNO. The molecule has 19 heavy (non-hydrogen) atoms. The molecule has 0 radical (unpaired) electrons. The van der Waals surface area contributed by atoms with E-state index in [-0.39, 0.29) is 11.9 Å². The molecule has 0 aliphatic carbocycles. The molecule has 2 N–H and O–H groups in total. The maximum Gasteiger partial charge on any atom is 0.123 e. The number of hydrogen-bond donors (Lipinski definition) is 1. The number of benzene rings is 1. The van der Waals surface area contributed by atoms with E-state index in [0.717, 1.165) is 30.6 Å². The largest absolute Gasteiger partial charge is 0.493 e. The van der Waals surface area contributed by atoms with E-state index in [2.05, 4.69) is 13.8 Å². The molecule has 2 atom stereocenters. The van der Waals surface area contributed by atoms with Crippen molar-refractivity contribution in [1.29, 1.82) is 0 Å². The van der Waals surface area contributed by atoms with Gasteiger partial charge in [0.25, 0.3) is 0 Å². The van der Waals surface area contributed by atoms with E-state index >= 15 is 0 Å². The summed E-state index contributed by atoms with van der Waals surface area (Å²) >= 11 is 0. The third kappa shape index (κ3) is 5.60. The number of nitrogens with two attached hydrogens (primary N) is 1. The van der Waals surface area contributed by atoms with Gasteiger partial charge in [-0.25, -0.2) is 4.39 Å². The third-order valence-corrected chi connectivity index (χ3v) is 3.33. The Morgan fingerprint density at radius 2 is 2.05 bits per heavy atom. The van der Waals surface area contributed by atoms with Crippen molar-refractivity contribution in [2.24, 2.45) is 11.7 Å². The Labute approximate surface area is 116 Å². The van der Waals surface area contributed by atoms with E-state index in [0.29, 0.717) is 18.9 Å². The van der Waals surface area contributed by atoms with Crippen LogP contribution < -0.4 is 10.5 Å². The van der Waals surface area contributed by atoms with Crippen molar-refractivity contribution >= 4 is 0 Å². The minimum Gasteiger partial charge on any atom is -0.493 e. The zero-order valence-corrected chi connectivity index (χ0v) is 12.3. The van der Waals surface area contributed by atoms with Crippen molar-refractivity contribution in [3.8, 4) is 5.75 Å². The summed E-state index contributed by atoms with van der Waals surface area (Å²) in [7, 11) is 0. The van der Waals surface area contributed by atoms with E-state index in [1.165, 1.54) is 12.1 Å². The second-order valence-corrected chi connectivity index (χ2v) is 5.33. The molecule has 2 nitrogen and oxygen atoms in total. The van der Waals surface area contributed by atoms with Crippen LogP contribution in [0.4, 0.5) is 4.39 Å². The first-order valence-corrected chi connectivity index (χ1v) is 7.23. The lowest BCUT2D eigenvalue weighted by Crippen LogP contribution is -2.22. The molecule has 0 heterocycles. The van der Waals surface area contributed by atoms with Crippen LogP contribution in [0.25, 0.3) is 0 Å². The quantitative estimate of drug-likeness (QED) is 0.774. The van der Waals surface area contributed by atoms with Gasteiger partial charge in [-0.3, -0.25) is 0 Å². The minimum atomic E-state index is -0.229. The van der Waals surface area contributed by atoms with Crippen molar-refractivity contribution in [3.63, 3.8) is 0 Å². The summed E-state index contributed by atoms with van der Waals surface area (Å²) in [6.45, 7) is 7.05. The van der Waals surface area contributed by atoms with E-state index in [1.807, 2.05) is 6.92 Å². The van der Waals surface area contributed by atoms with Crippen LogP contribution in [0.2, 0.25) is 0 Å². The van der Waals surface area contributed by atoms with Crippen molar-refractivity contribution in [2.75, 3.05) is 6.61 Å². The first kappa shape index (κ1) is 16.0. The average Bonchev–Trinajstić information content (AvgIpc) is 2.38. The molecule has 108 valence electrons. The predicted octanol–water partition coefficient (Wildman–Crippen LogP) is 3.92. The number of ether oxygens (including phenoxy) is 1. The van der Waals surface area contributed by atoms with Gasteiger partial charge < -0.3 is 10.5 Å². The van der Waals surface area contributed by atoms with Crippen LogP contribution in [0.5, 0.6) is 5.75 Å². The molecule has 0 aliphatic rings. The highest BCUT2D eigenvalue weighted by Crippen LogP contribution is 2.22. The summed E-state index contributed by atoms with van der Waals surface area (Å²) in [6.07, 6.45) is 3.83. The molecule has 0 fully saturated rings. The maximum atomic E-state index is 13.3. The van der Waals surface area contributed by atoms with Crippen molar-refractivity contribution < 1.29 is 9.13 Å². The van der Waals surface area contributed by atoms with Crippen LogP contribution in [0, 0.1) is 11.7 Å². The zero-order chi connectivity index (χ0) is 14.3. The topological polar surface area (TPSA) is 35.2 Å². The second kappa shape index (κ2) is 8.16. The van der Waals surface area contributed by atoms with Crippen LogP contribution in [0.1, 0.15) is 45.6 Å². The maximum absolute atomic E-state index is 13.3. The lowest BCUT2D eigenvalue weighted by Gasteiger charge is -2.17. The van der Waals surface area contributed by atoms with Gasteiger partial charge in [0.15, 0.2) is 0 Å². The number of halogens is 1. The van der Waals surface area contributed by atoms with Gasteiger partial charge in [0.05, 0.1) is 6.61 Å². The zero-order valence-electron chi connectivity index (χ0n) is 12.3. The molecule has 0 bridgehead atoms. The second-order valence-electron chi connectivity index (χ2n) is 5.33. The smallest absolute Gasteiger partial charge is 0.123 e. The predicted molar refractivity (Wildman–Crippen MR) is 77.9 cm³/mol. The van der Waals surface area contributed by atoms with Crippen LogP contribution in [0.15, 0.2) is 18.2 Å². The summed E-state index contributed by atoms with van der Waals surface area (Å²) < 4.78 is 19.2. The highest BCUT2D eigenvalue weighted by Gasteiger charge is 2.10.